The van der Waals surface area contributed by atoms with Crippen molar-refractivity contribution < 1.29 is 19.7 Å². The van der Waals surface area contributed by atoms with E-state index in [2.05, 4.69) is 30.7 Å². The van der Waals surface area contributed by atoms with Crippen LogP contribution in [0.5, 0.6) is 0 Å². The average molecular weight is 511 g/mol. The number of aryl methyl sites for hydroxylation is 1. The molecule has 0 amide bonds. The molecule has 0 spiro atoms. The molecule has 6 heteroatoms. The van der Waals surface area contributed by atoms with Crippen molar-refractivity contribution >= 4 is 10.9 Å². The van der Waals surface area contributed by atoms with Crippen molar-refractivity contribution in [3.05, 3.63) is 36.0 Å². The number of hydrogen-bond donors (Lipinski definition) is 3. The second kappa shape index (κ2) is 9.24. The Labute approximate surface area is 219 Å². The van der Waals surface area contributed by atoms with Crippen LogP contribution < -0.4 is 0 Å². The quantitative estimate of drug-likeness (QED) is 0.520. The van der Waals surface area contributed by atoms with Gasteiger partial charge >= 0.3 is 0 Å². The Kier molecular flexibility index (Phi) is 6.40. The van der Waals surface area contributed by atoms with Crippen LogP contribution in [0.2, 0.25) is 0 Å². The standard InChI is InChI=1S/C31H43FN2O3/c1-17(4-9-28-33-16-18-5-6-20(32)14-25(18)34-28)22-7-8-23-29-24(15-27(37)31(22,23)3)30(2)11-10-21(35)12-19(30)13-26(29)36/h5-6,14,16-17,19,21-24,26-27,29,35-37H,4,7-13,15H2,1-3H3/t17-,19+,21-,22-,23+,24?,26-,27+,29+,30+,31-/m1/s1. The SMILES string of the molecule is C[C@H](CCc1ncc2ccc(F)cc2n1)[C@H]1CC[C@H]2[C@H]3C(C[C@H](O)[C@]12C)[C@@]1(C)CC[C@@H](O)C[C@H]1C[C@H]3O. The number of nitrogens with zero attached hydrogens (tertiary/aromatic N) is 2. The Morgan fingerprint density at radius 2 is 1.86 bits per heavy atom. The minimum absolute atomic E-state index is 0.0992. The van der Waals surface area contributed by atoms with Gasteiger partial charge in [-0.05, 0) is 110 Å². The molecular formula is C31H43FN2O3. The lowest BCUT2D eigenvalue weighted by molar-refractivity contribution is -0.207. The fraction of sp³-hybridized carbons (Fsp3) is 0.742. The van der Waals surface area contributed by atoms with Gasteiger partial charge in [0.05, 0.1) is 23.8 Å². The summed E-state index contributed by atoms with van der Waals surface area (Å²) in [6, 6.07) is 4.62. The number of aliphatic hydroxyl groups excluding tert-OH is 3. The van der Waals surface area contributed by atoms with Crippen LogP contribution in [0.4, 0.5) is 4.39 Å². The van der Waals surface area contributed by atoms with Crippen LogP contribution in [0.1, 0.15) is 78.0 Å². The summed E-state index contributed by atoms with van der Waals surface area (Å²) in [5.74, 6) is 2.47. The van der Waals surface area contributed by atoms with E-state index in [0.717, 1.165) is 69.0 Å². The molecule has 5 nitrogen and oxygen atoms in total. The van der Waals surface area contributed by atoms with Crippen molar-refractivity contribution in [1.29, 1.82) is 0 Å². The number of benzene rings is 1. The zero-order valence-electron chi connectivity index (χ0n) is 22.5. The lowest BCUT2D eigenvalue weighted by atomic mass is 9.43. The lowest BCUT2D eigenvalue weighted by Gasteiger charge is -2.63. The molecular weight excluding hydrogens is 467 g/mol. The van der Waals surface area contributed by atoms with E-state index < -0.39 is 0 Å². The third-order valence-corrected chi connectivity index (χ3v) is 11.9. The minimum Gasteiger partial charge on any atom is -0.393 e. The summed E-state index contributed by atoms with van der Waals surface area (Å²) < 4.78 is 13.7. The molecule has 1 unspecified atom stereocenters. The number of rotatable bonds is 4. The zero-order chi connectivity index (χ0) is 26.1. The highest BCUT2D eigenvalue weighted by molar-refractivity contribution is 5.77. The van der Waals surface area contributed by atoms with Gasteiger partial charge in [-0.1, -0.05) is 20.8 Å². The van der Waals surface area contributed by atoms with Gasteiger partial charge in [0.25, 0.3) is 0 Å². The Morgan fingerprint density at radius 1 is 1.05 bits per heavy atom. The molecule has 2 aromatic rings. The van der Waals surface area contributed by atoms with Gasteiger partial charge in [-0.3, -0.25) is 0 Å². The largest absolute Gasteiger partial charge is 0.393 e. The van der Waals surface area contributed by atoms with E-state index in [-0.39, 0.29) is 40.9 Å². The molecule has 11 atom stereocenters. The van der Waals surface area contributed by atoms with E-state index in [9.17, 15) is 19.7 Å². The Bertz CT molecular complexity index is 1160. The third-order valence-electron chi connectivity index (χ3n) is 11.9. The summed E-state index contributed by atoms with van der Waals surface area (Å²) in [5.41, 5.74) is 0.543. The second-order valence-electron chi connectivity index (χ2n) is 13.5. The molecule has 37 heavy (non-hydrogen) atoms. The van der Waals surface area contributed by atoms with Crippen LogP contribution in [-0.4, -0.2) is 43.6 Å². The molecule has 1 aromatic heterocycles. The Hall–Kier alpha value is -1.63. The Balaban J connectivity index is 1.20. The molecule has 4 fully saturated rings. The summed E-state index contributed by atoms with van der Waals surface area (Å²) in [6.07, 6.45) is 8.81. The van der Waals surface area contributed by atoms with Gasteiger partial charge in [-0.25, -0.2) is 14.4 Å². The van der Waals surface area contributed by atoms with E-state index in [0.29, 0.717) is 35.1 Å². The maximum atomic E-state index is 13.7. The maximum Gasteiger partial charge on any atom is 0.128 e. The first-order valence-electron chi connectivity index (χ1n) is 14.6. The molecule has 1 heterocycles. The average Bonchev–Trinajstić information content (AvgIpc) is 3.22. The van der Waals surface area contributed by atoms with Crippen molar-refractivity contribution in [2.75, 3.05) is 0 Å². The molecule has 3 N–H and O–H groups in total. The second-order valence-corrected chi connectivity index (χ2v) is 13.5. The van der Waals surface area contributed by atoms with Crippen molar-refractivity contribution in [3.8, 4) is 0 Å². The number of halogens is 1. The molecule has 6 rings (SSSR count). The molecule has 0 bridgehead atoms. The molecule has 4 aliphatic carbocycles. The van der Waals surface area contributed by atoms with Crippen LogP contribution in [0.15, 0.2) is 24.4 Å². The van der Waals surface area contributed by atoms with Crippen LogP contribution in [0.3, 0.4) is 0 Å². The van der Waals surface area contributed by atoms with Gasteiger partial charge in [-0.2, -0.15) is 0 Å². The molecule has 4 saturated carbocycles. The highest BCUT2D eigenvalue weighted by atomic mass is 19.1. The van der Waals surface area contributed by atoms with Gasteiger partial charge in [0, 0.05) is 24.1 Å². The first kappa shape index (κ1) is 25.6. The maximum absolute atomic E-state index is 13.7. The highest BCUT2D eigenvalue weighted by Gasteiger charge is 2.65. The predicted molar refractivity (Wildman–Crippen MR) is 141 cm³/mol. The van der Waals surface area contributed by atoms with E-state index in [4.69, 9.17) is 0 Å². The summed E-state index contributed by atoms with van der Waals surface area (Å²) in [5, 5.41) is 34.4. The summed E-state index contributed by atoms with van der Waals surface area (Å²) in [4.78, 5) is 9.14. The van der Waals surface area contributed by atoms with Gasteiger partial charge in [-0.15, -0.1) is 0 Å². The fourth-order valence-electron chi connectivity index (χ4n) is 9.84. The summed E-state index contributed by atoms with van der Waals surface area (Å²) in [7, 11) is 0. The van der Waals surface area contributed by atoms with Crippen LogP contribution in [0.25, 0.3) is 10.9 Å². The predicted octanol–water partition coefficient (Wildman–Crippen LogP) is 5.30. The topological polar surface area (TPSA) is 86.5 Å². The van der Waals surface area contributed by atoms with Gasteiger partial charge < -0.3 is 15.3 Å². The lowest BCUT2D eigenvalue weighted by Crippen LogP contribution is -2.62. The minimum atomic E-state index is -0.372. The van der Waals surface area contributed by atoms with Crippen LogP contribution >= 0.6 is 0 Å². The molecule has 0 radical (unpaired) electrons. The van der Waals surface area contributed by atoms with Crippen molar-refractivity contribution in [2.24, 2.45) is 46.3 Å². The zero-order valence-corrected chi connectivity index (χ0v) is 22.5. The molecule has 0 saturated heterocycles. The smallest absolute Gasteiger partial charge is 0.128 e. The normalized spacial score (nSPS) is 44.2. The molecule has 0 aliphatic heterocycles. The van der Waals surface area contributed by atoms with Gasteiger partial charge in [0.15, 0.2) is 0 Å². The monoisotopic (exact) mass is 510 g/mol. The number of hydrogen-bond acceptors (Lipinski definition) is 5. The summed E-state index contributed by atoms with van der Waals surface area (Å²) >= 11 is 0. The third kappa shape index (κ3) is 4.04. The number of fused-ring (bicyclic) bond motifs is 6. The van der Waals surface area contributed by atoms with Crippen LogP contribution in [0, 0.1) is 52.2 Å². The highest BCUT2D eigenvalue weighted by Crippen LogP contribution is 2.68. The van der Waals surface area contributed by atoms with E-state index in [1.165, 1.54) is 12.1 Å². The van der Waals surface area contributed by atoms with Gasteiger partial charge in [0.2, 0.25) is 0 Å². The first-order valence-corrected chi connectivity index (χ1v) is 14.6. The van der Waals surface area contributed by atoms with Crippen molar-refractivity contribution in [1.82, 2.24) is 9.97 Å². The van der Waals surface area contributed by atoms with E-state index in [1.54, 1.807) is 12.3 Å². The van der Waals surface area contributed by atoms with Crippen molar-refractivity contribution in [2.45, 2.75) is 96.9 Å². The van der Waals surface area contributed by atoms with Gasteiger partial charge in [0.1, 0.15) is 11.6 Å². The molecule has 4 aliphatic rings. The van der Waals surface area contributed by atoms with E-state index >= 15 is 0 Å². The van der Waals surface area contributed by atoms with Crippen molar-refractivity contribution in [3.63, 3.8) is 0 Å². The number of aliphatic hydroxyl groups is 3. The Morgan fingerprint density at radius 3 is 2.68 bits per heavy atom. The van der Waals surface area contributed by atoms with E-state index in [1.807, 2.05) is 0 Å². The summed E-state index contributed by atoms with van der Waals surface area (Å²) in [6.45, 7) is 6.98. The first-order chi connectivity index (χ1) is 17.6. The fourth-order valence-corrected chi connectivity index (χ4v) is 9.84. The molecule has 202 valence electrons. The van der Waals surface area contributed by atoms with Crippen LogP contribution in [-0.2, 0) is 6.42 Å². The number of aromatic nitrogens is 2. The molecule has 1 aromatic carbocycles.